The Balaban J connectivity index is 1.90. The lowest BCUT2D eigenvalue weighted by atomic mass is 10.1. The molecule has 0 radical (unpaired) electrons. The van der Waals surface area contributed by atoms with Crippen molar-refractivity contribution in [3.8, 4) is 0 Å². The van der Waals surface area contributed by atoms with Gasteiger partial charge < -0.3 is 5.32 Å². The van der Waals surface area contributed by atoms with Gasteiger partial charge in [0.05, 0.1) is 0 Å². The highest BCUT2D eigenvalue weighted by Crippen LogP contribution is 2.22. The van der Waals surface area contributed by atoms with Crippen molar-refractivity contribution in [1.29, 1.82) is 0 Å². The zero-order chi connectivity index (χ0) is 12.1. The van der Waals surface area contributed by atoms with Crippen LogP contribution in [-0.4, -0.2) is 6.54 Å². The van der Waals surface area contributed by atoms with E-state index in [2.05, 4.69) is 33.4 Å². The van der Waals surface area contributed by atoms with Crippen LogP contribution in [0.15, 0.2) is 53.0 Å². The van der Waals surface area contributed by atoms with Gasteiger partial charge in [0.1, 0.15) is 5.82 Å². The molecular formula is C14H13BrFN. The average Bonchev–Trinajstić information content (AvgIpc) is 2.33. The Bertz CT molecular complexity index is 485. The molecule has 0 fully saturated rings. The van der Waals surface area contributed by atoms with Crippen LogP contribution in [0.3, 0.4) is 0 Å². The van der Waals surface area contributed by atoms with Crippen LogP contribution in [0.25, 0.3) is 0 Å². The predicted octanol–water partition coefficient (Wildman–Crippen LogP) is 4.24. The van der Waals surface area contributed by atoms with Gasteiger partial charge in [-0.2, -0.15) is 0 Å². The molecular weight excluding hydrogens is 281 g/mol. The number of hydrogen-bond acceptors (Lipinski definition) is 1. The topological polar surface area (TPSA) is 12.0 Å². The summed E-state index contributed by atoms with van der Waals surface area (Å²) in [5.41, 5.74) is 2.21. The molecule has 2 aromatic carbocycles. The third-order valence-corrected chi connectivity index (χ3v) is 3.16. The molecule has 0 saturated carbocycles. The minimum atomic E-state index is -0.231. The van der Waals surface area contributed by atoms with E-state index in [0.29, 0.717) is 0 Å². The maximum atomic E-state index is 12.9. The van der Waals surface area contributed by atoms with Crippen LogP contribution in [0.4, 0.5) is 10.1 Å². The van der Waals surface area contributed by atoms with Crippen molar-refractivity contribution in [3.63, 3.8) is 0 Å². The van der Waals surface area contributed by atoms with Gasteiger partial charge in [0.25, 0.3) is 0 Å². The van der Waals surface area contributed by atoms with Crippen molar-refractivity contribution in [2.75, 3.05) is 11.9 Å². The molecule has 0 aliphatic heterocycles. The Morgan fingerprint density at radius 1 is 1.06 bits per heavy atom. The van der Waals surface area contributed by atoms with Crippen LogP contribution in [-0.2, 0) is 6.42 Å². The summed E-state index contributed by atoms with van der Waals surface area (Å²) in [7, 11) is 0. The first kappa shape index (κ1) is 12.1. The number of benzene rings is 2. The second kappa shape index (κ2) is 5.82. The molecule has 1 nitrogen and oxygen atoms in total. The Morgan fingerprint density at radius 3 is 2.53 bits per heavy atom. The summed E-state index contributed by atoms with van der Waals surface area (Å²) in [5, 5.41) is 3.28. The molecule has 1 N–H and O–H groups in total. The van der Waals surface area contributed by atoms with Crippen molar-refractivity contribution in [3.05, 3.63) is 64.4 Å². The third-order valence-electron chi connectivity index (χ3n) is 2.50. The molecule has 2 aromatic rings. The Hall–Kier alpha value is -1.35. The van der Waals surface area contributed by atoms with Crippen LogP contribution in [0.1, 0.15) is 5.56 Å². The third kappa shape index (κ3) is 3.56. The van der Waals surface area contributed by atoms with Gasteiger partial charge in [-0.1, -0.05) is 30.3 Å². The van der Waals surface area contributed by atoms with Gasteiger partial charge >= 0.3 is 0 Å². The maximum Gasteiger partial charge on any atom is 0.124 e. The van der Waals surface area contributed by atoms with E-state index in [1.54, 1.807) is 6.07 Å². The maximum absolute atomic E-state index is 12.9. The van der Waals surface area contributed by atoms with Crippen LogP contribution < -0.4 is 5.32 Å². The fraction of sp³-hybridized carbons (Fsp3) is 0.143. The minimum Gasteiger partial charge on any atom is -0.384 e. The monoisotopic (exact) mass is 293 g/mol. The zero-order valence-corrected chi connectivity index (χ0v) is 10.9. The van der Waals surface area contributed by atoms with E-state index >= 15 is 0 Å². The lowest BCUT2D eigenvalue weighted by molar-refractivity contribution is 0.627. The van der Waals surface area contributed by atoms with Crippen LogP contribution in [0.5, 0.6) is 0 Å². The van der Waals surface area contributed by atoms with Gasteiger partial charge in [-0.15, -0.1) is 0 Å². The molecule has 0 saturated heterocycles. The summed E-state index contributed by atoms with van der Waals surface area (Å²) in [5.74, 6) is -0.231. The Kier molecular flexibility index (Phi) is 4.15. The highest BCUT2D eigenvalue weighted by Gasteiger charge is 2.00. The van der Waals surface area contributed by atoms with Gasteiger partial charge in [-0.05, 0) is 46.1 Å². The molecule has 0 aromatic heterocycles. The van der Waals surface area contributed by atoms with Crippen LogP contribution in [0.2, 0.25) is 0 Å². The number of halogens is 2. The van der Waals surface area contributed by atoms with E-state index in [9.17, 15) is 4.39 Å². The van der Waals surface area contributed by atoms with Crippen molar-refractivity contribution >= 4 is 21.6 Å². The van der Waals surface area contributed by atoms with Crippen molar-refractivity contribution in [2.24, 2.45) is 0 Å². The molecule has 0 atom stereocenters. The summed E-state index contributed by atoms with van der Waals surface area (Å²) in [4.78, 5) is 0. The first-order chi connectivity index (χ1) is 8.25. The number of rotatable bonds is 4. The van der Waals surface area contributed by atoms with E-state index in [1.165, 1.54) is 17.7 Å². The second-order valence-electron chi connectivity index (χ2n) is 3.79. The largest absolute Gasteiger partial charge is 0.384 e. The lowest BCUT2D eigenvalue weighted by Crippen LogP contribution is -2.05. The average molecular weight is 294 g/mol. The number of hydrogen-bond donors (Lipinski definition) is 1. The summed E-state index contributed by atoms with van der Waals surface area (Å²) in [6, 6.07) is 14.9. The molecule has 2 rings (SSSR count). The Labute approximate surface area is 109 Å². The fourth-order valence-corrected chi connectivity index (χ4v) is 2.11. The molecule has 3 heteroatoms. The summed E-state index contributed by atoms with van der Waals surface area (Å²) in [6.45, 7) is 0.828. The van der Waals surface area contributed by atoms with Crippen molar-refractivity contribution in [2.45, 2.75) is 6.42 Å². The SMILES string of the molecule is Fc1ccc(NCCc2ccccc2)c(Br)c1. The molecule has 17 heavy (non-hydrogen) atoms. The van der Waals surface area contributed by atoms with E-state index in [0.717, 1.165) is 23.1 Å². The number of anilines is 1. The van der Waals surface area contributed by atoms with Gasteiger partial charge in [0.2, 0.25) is 0 Å². The molecule has 88 valence electrons. The van der Waals surface area contributed by atoms with Gasteiger partial charge in [-0.3, -0.25) is 0 Å². The molecule has 0 unspecified atom stereocenters. The normalized spacial score (nSPS) is 10.2. The van der Waals surface area contributed by atoms with E-state index in [1.807, 2.05) is 18.2 Å². The Morgan fingerprint density at radius 2 is 1.82 bits per heavy atom. The second-order valence-corrected chi connectivity index (χ2v) is 4.64. The van der Waals surface area contributed by atoms with E-state index < -0.39 is 0 Å². The van der Waals surface area contributed by atoms with Gasteiger partial charge in [0.15, 0.2) is 0 Å². The molecule has 0 aliphatic rings. The fourth-order valence-electron chi connectivity index (χ4n) is 1.62. The highest BCUT2D eigenvalue weighted by atomic mass is 79.9. The van der Waals surface area contributed by atoms with Crippen LogP contribution in [0, 0.1) is 5.82 Å². The van der Waals surface area contributed by atoms with E-state index in [-0.39, 0.29) is 5.82 Å². The lowest BCUT2D eigenvalue weighted by Gasteiger charge is -2.08. The van der Waals surface area contributed by atoms with Crippen LogP contribution >= 0.6 is 15.9 Å². The van der Waals surface area contributed by atoms with Gasteiger partial charge in [0, 0.05) is 16.7 Å². The highest BCUT2D eigenvalue weighted by molar-refractivity contribution is 9.10. The van der Waals surface area contributed by atoms with E-state index in [4.69, 9.17) is 0 Å². The molecule has 0 heterocycles. The standard InChI is InChI=1S/C14H13BrFN/c15-13-10-12(16)6-7-14(13)17-9-8-11-4-2-1-3-5-11/h1-7,10,17H,8-9H2. The summed E-state index contributed by atoms with van der Waals surface area (Å²) < 4.78 is 13.6. The first-order valence-corrected chi connectivity index (χ1v) is 6.28. The molecule has 0 aliphatic carbocycles. The number of nitrogens with one attached hydrogen (secondary N) is 1. The quantitative estimate of drug-likeness (QED) is 0.889. The summed E-state index contributed by atoms with van der Waals surface area (Å²) >= 11 is 3.33. The zero-order valence-electron chi connectivity index (χ0n) is 9.29. The van der Waals surface area contributed by atoms with Crippen molar-refractivity contribution in [1.82, 2.24) is 0 Å². The smallest absolute Gasteiger partial charge is 0.124 e. The minimum absolute atomic E-state index is 0.231. The molecule has 0 spiro atoms. The van der Waals surface area contributed by atoms with Gasteiger partial charge in [-0.25, -0.2) is 4.39 Å². The molecule has 0 bridgehead atoms. The first-order valence-electron chi connectivity index (χ1n) is 5.48. The van der Waals surface area contributed by atoms with Crippen molar-refractivity contribution < 1.29 is 4.39 Å². The predicted molar refractivity (Wildman–Crippen MR) is 72.7 cm³/mol. The molecule has 0 amide bonds. The summed E-state index contributed by atoms with van der Waals surface area (Å²) in [6.07, 6.45) is 0.949.